The van der Waals surface area contributed by atoms with E-state index in [-0.39, 0.29) is 46.5 Å². The van der Waals surface area contributed by atoms with E-state index in [9.17, 15) is 31.0 Å². The summed E-state index contributed by atoms with van der Waals surface area (Å²) in [5.41, 5.74) is 4.44. The van der Waals surface area contributed by atoms with Crippen LogP contribution in [-0.4, -0.2) is 59.2 Å². The van der Waals surface area contributed by atoms with Crippen molar-refractivity contribution in [1.29, 1.82) is 0 Å². The quantitative estimate of drug-likeness (QED) is 0.0470. The van der Waals surface area contributed by atoms with Gasteiger partial charge < -0.3 is 21.1 Å². The van der Waals surface area contributed by atoms with E-state index in [0.717, 1.165) is 11.1 Å². The third-order valence-corrected chi connectivity index (χ3v) is 10.5. The Bertz CT molecular complexity index is 3000. The van der Waals surface area contributed by atoms with Crippen LogP contribution in [0.3, 0.4) is 0 Å². The molecule has 0 unspecified atom stereocenters. The van der Waals surface area contributed by atoms with E-state index in [1.807, 2.05) is 19.9 Å². The van der Waals surface area contributed by atoms with E-state index in [4.69, 9.17) is 0 Å². The molecular formula is C39H34N10O7S2. The first-order chi connectivity index (χ1) is 27.7. The number of nitrogens with one attached hydrogen (secondary N) is 3. The van der Waals surface area contributed by atoms with Crippen LogP contribution in [-0.2, 0) is 20.2 Å². The van der Waals surface area contributed by atoms with Crippen molar-refractivity contribution in [2.24, 2.45) is 20.5 Å². The average molecular weight is 819 g/mol. The maximum absolute atomic E-state index is 12.1. The number of rotatable bonds is 13. The molecule has 6 aromatic carbocycles. The molecule has 17 nitrogen and oxygen atoms in total. The molecule has 0 bridgehead atoms. The van der Waals surface area contributed by atoms with Crippen molar-refractivity contribution in [3.8, 4) is 0 Å². The number of azo groups is 2. The van der Waals surface area contributed by atoms with Crippen molar-refractivity contribution in [3.05, 3.63) is 120 Å². The molecule has 0 saturated heterocycles. The normalized spacial score (nSPS) is 12.2. The Morgan fingerprint density at radius 3 is 1.74 bits per heavy atom. The molecule has 0 fully saturated rings. The maximum Gasteiger partial charge on any atom is 0.295 e. The lowest BCUT2D eigenvalue weighted by Crippen LogP contribution is -2.12. The number of aliphatic hydroxyl groups excluding tert-OH is 1. The fourth-order valence-electron chi connectivity index (χ4n) is 5.96. The molecule has 1 heterocycles. The lowest BCUT2D eigenvalue weighted by Gasteiger charge is -2.12. The van der Waals surface area contributed by atoms with Gasteiger partial charge in [0.15, 0.2) is 0 Å². The van der Waals surface area contributed by atoms with Gasteiger partial charge in [-0.05, 0) is 102 Å². The van der Waals surface area contributed by atoms with Gasteiger partial charge in [0.05, 0.1) is 29.4 Å². The van der Waals surface area contributed by atoms with Crippen molar-refractivity contribution < 1.29 is 31.0 Å². The first-order valence-electron chi connectivity index (χ1n) is 17.4. The molecule has 0 saturated carbocycles. The van der Waals surface area contributed by atoms with E-state index in [1.54, 1.807) is 91.0 Å². The fourth-order valence-corrected chi connectivity index (χ4v) is 7.40. The van der Waals surface area contributed by atoms with Gasteiger partial charge >= 0.3 is 0 Å². The van der Waals surface area contributed by atoms with Crippen molar-refractivity contribution in [2.75, 3.05) is 29.1 Å². The number of hydrogen-bond donors (Lipinski definition) is 6. The minimum Gasteiger partial charge on any atom is -0.395 e. The number of benzene rings is 6. The molecule has 19 heteroatoms. The van der Waals surface area contributed by atoms with Crippen LogP contribution in [0.15, 0.2) is 139 Å². The molecule has 0 spiro atoms. The summed E-state index contributed by atoms with van der Waals surface area (Å²) >= 11 is 0. The lowest BCUT2D eigenvalue weighted by molar-refractivity contribution is 0.311. The summed E-state index contributed by atoms with van der Waals surface area (Å²) in [6.45, 7) is 3.71. The van der Waals surface area contributed by atoms with Crippen LogP contribution in [0.25, 0.3) is 21.5 Å². The molecule has 0 aliphatic heterocycles. The highest BCUT2D eigenvalue weighted by Crippen LogP contribution is 2.33. The third kappa shape index (κ3) is 9.26. The SMILES string of the molecule is Cc1cc(Nc2nc(NCCO)nc(Nc3ccc(N=Nc4ccc5cccc(S(=O)(=O)O)c5c4)c(C)c3)n2)ccc1N=Nc1cc(S(=O)(=O)O)c2ccccc2c1. The van der Waals surface area contributed by atoms with E-state index in [0.29, 0.717) is 50.0 Å². The minimum absolute atomic E-state index is 0.154. The predicted molar refractivity (Wildman–Crippen MR) is 220 cm³/mol. The average Bonchev–Trinajstić information content (AvgIpc) is 3.18. The van der Waals surface area contributed by atoms with E-state index >= 15 is 0 Å². The number of anilines is 5. The van der Waals surface area contributed by atoms with Gasteiger partial charge in [0.1, 0.15) is 9.79 Å². The zero-order chi connectivity index (χ0) is 41.0. The fraction of sp³-hybridized carbons (Fsp3) is 0.103. The van der Waals surface area contributed by atoms with Crippen molar-refractivity contribution in [3.63, 3.8) is 0 Å². The van der Waals surface area contributed by atoms with Crippen LogP contribution in [0.1, 0.15) is 11.1 Å². The number of nitrogens with zero attached hydrogens (tertiary/aromatic N) is 7. The molecule has 7 rings (SSSR count). The third-order valence-electron chi connectivity index (χ3n) is 8.67. The van der Waals surface area contributed by atoms with Crippen LogP contribution in [0.5, 0.6) is 0 Å². The number of aliphatic hydroxyl groups is 1. The Kier molecular flexibility index (Phi) is 11.1. The summed E-state index contributed by atoms with van der Waals surface area (Å²) in [7, 11) is -8.94. The summed E-state index contributed by atoms with van der Waals surface area (Å²) in [5, 5.41) is 37.8. The topological polar surface area (TPSA) is 253 Å². The number of hydrogen-bond acceptors (Lipinski definition) is 15. The smallest absolute Gasteiger partial charge is 0.295 e. The highest BCUT2D eigenvalue weighted by molar-refractivity contribution is 7.86. The van der Waals surface area contributed by atoms with Crippen LogP contribution < -0.4 is 16.0 Å². The lowest BCUT2D eigenvalue weighted by atomic mass is 10.1. The molecular weight excluding hydrogens is 785 g/mol. The molecule has 0 aliphatic carbocycles. The number of aromatic nitrogens is 3. The van der Waals surface area contributed by atoms with Crippen molar-refractivity contribution >= 4 is 93.8 Å². The van der Waals surface area contributed by atoms with E-state index in [1.165, 1.54) is 12.1 Å². The Morgan fingerprint density at radius 1 is 0.552 bits per heavy atom. The molecule has 294 valence electrons. The Balaban J connectivity index is 1.08. The highest BCUT2D eigenvalue weighted by Gasteiger charge is 2.17. The van der Waals surface area contributed by atoms with Gasteiger partial charge in [-0.2, -0.15) is 52.2 Å². The molecule has 0 amide bonds. The number of fused-ring (bicyclic) bond motifs is 2. The standard InChI is InChI=1S/C39H34N10O7S2/c1-23-18-27(12-14-33(23)48-46-29-11-10-25-7-5-9-35(32(25)21-29)57(51,52)53)41-38-43-37(40-16-17-50)44-39(45-38)42-28-13-15-34(24(2)19-28)49-47-30-20-26-6-3-4-8-31(26)36(22-30)58(54,55)56/h3-15,18-22,50H,16-17H2,1-2H3,(H,51,52,53)(H,54,55,56)(H3,40,41,42,43,44,45). The Labute approximate surface area is 332 Å². The molecule has 7 aromatic rings. The van der Waals surface area contributed by atoms with E-state index in [2.05, 4.69) is 51.4 Å². The Hall–Kier alpha value is -6.77. The van der Waals surface area contributed by atoms with Crippen molar-refractivity contribution in [1.82, 2.24) is 15.0 Å². The van der Waals surface area contributed by atoms with Crippen LogP contribution in [0, 0.1) is 13.8 Å². The number of aryl methyl sites for hydroxylation is 2. The Morgan fingerprint density at radius 2 is 1.14 bits per heavy atom. The first-order valence-corrected chi connectivity index (χ1v) is 20.3. The van der Waals surface area contributed by atoms with Gasteiger partial charge in [-0.3, -0.25) is 9.11 Å². The molecule has 1 aromatic heterocycles. The molecule has 58 heavy (non-hydrogen) atoms. The first kappa shape index (κ1) is 39.5. The summed E-state index contributed by atoms with van der Waals surface area (Å²) in [6.07, 6.45) is 0. The van der Waals surface area contributed by atoms with Gasteiger partial charge in [-0.25, -0.2) is 0 Å². The second-order valence-corrected chi connectivity index (χ2v) is 15.7. The van der Waals surface area contributed by atoms with Crippen molar-refractivity contribution in [2.45, 2.75) is 23.6 Å². The second kappa shape index (κ2) is 16.4. The van der Waals surface area contributed by atoms with Crippen LogP contribution in [0.2, 0.25) is 0 Å². The predicted octanol–water partition coefficient (Wildman–Crippen LogP) is 9.01. The van der Waals surface area contributed by atoms with Gasteiger partial charge in [-0.15, -0.1) is 0 Å². The molecule has 0 aliphatic rings. The zero-order valence-electron chi connectivity index (χ0n) is 30.7. The van der Waals surface area contributed by atoms with Gasteiger partial charge in [-0.1, -0.05) is 42.5 Å². The highest BCUT2D eigenvalue weighted by atomic mass is 32.2. The summed E-state index contributed by atoms with van der Waals surface area (Å²) in [5.74, 6) is 0.583. The van der Waals surface area contributed by atoms with Crippen LogP contribution >= 0.6 is 0 Å². The van der Waals surface area contributed by atoms with Gasteiger partial charge in [0.2, 0.25) is 17.8 Å². The zero-order valence-corrected chi connectivity index (χ0v) is 32.4. The summed E-state index contributed by atoms with van der Waals surface area (Å²) < 4.78 is 67.4. The summed E-state index contributed by atoms with van der Waals surface area (Å²) in [4.78, 5) is 12.9. The van der Waals surface area contributed by atoms with Gasteiger partial charge in [0, 0.05) is 28.7 Å². The molecule has 0 atom stereocenters. The largest absolute Gasteiger partial charge is 0.395 e. The minimum atomic E-state index is -4.51. The van der Waals surface area contributed by atoms with E-state index < -0.39 is 20.2 Å². The van der Waals surface area contributed by atoms with Gasteiger partial charge in [0.25, 0.3) is 20.2 Å². The molecule has 0 radical (unpaired) electrons. The monoisotopic (exact) mass is 818 g/mol. The van der Waals surface area contributed by atoms with Crippen LogP contribution in [0.4, 0.5) is 52.0 Å². The summed E-state index contributed by atoms with van der Waals surface area (Å²) in [6, 6.07) is 29.8. The molecule has 6 N–H and O–H groups in total. The maximum atomic E-state index is 12.1. The second-order valence-electron chi connectivity index (χ2n) is 12.9.